The van der Waals surface area contributed by atoms with E-state index in [1.807, 2.05) is 0 Å². The summed E-state index contributed by atoms with van der Waals surface area (Å²) in [6, 6.07) is 12.1. The maximum absolute atomic E-state index is 11.8. The molecule has 0 saturated heterocycles. The molecular formula is C18H15N3O6S2. The Kier molecular flexibility index (Phi) is 6.15. The van der Waals surface area contributed by atoms with Crippen LogP contribution in [0.3, 0.4) is 0 Å². The smallest absolute Gasteiger partial charge is 0.199 e. The van der Waals surface area contributed by atoms with Crippen LogP contribution in [0.2, 0.25) is 0 Å². The number of fused-ring (bicyclic) bond motifs is 1. The fourth-order valence-electron chi connectivity index (χ4n) is 2.53. The monoisotopic (exact) mass is 433 g/mol. The Bertz CT molecular complexity index is 1190. The first-order valence-electron chi connectivity index (χ1n) is 7.95. The second-order valence-electron chi connectivity index (χ2n) is 5.68. The summed E-state index contributed by atoms with van der Waals surface area (Å²) in [5.74, 6) is -0.125. The number of nitrogens with zero attached hydrogens (tertiary/aromatic N) is 2. The van der Waals surface area contributed by atoms with Crippen molar-refractivity contribution in [2.45, 2.75) is 9.79 Å². The Morgan fingerprint density at radius 2 is 1.83 bits per heavy atom. The lowest BCUT2D eigenvalue weighted by molar-refractivity contribution is -0.432. The summed E-state index contributed by atoms with van der Waals surface area (Å²) >= 11 is 0.701. The lowest BCUT2D eigenvalue weighted by Crippen LogP contribution is -1.94. The summed E-state index contributed by atoms with van der Waals surface area (Å²) < 4.78 is 27.9. The summed E-state index contributed by atoms with van der Waals surface area (Å²) in [5, 5.41) is 32.3. The standard InChI is InChI=1S/C18H15N3O6S2/c1-2-29(24,25)14-6-4-12(5-7-14)20-21-18-15(19)8-3-11-9-13(28-27-26-23)10-16(22)17(11)18/h2-10,22-23H,1,19H2. The zero-order chi connectivity index (χ0) is 21.0. The van der Waals surface area contributed by atoms with Gasteiger partial charge in [0.1, 0.15) is 11.4 Å². The average Bonchev–Trinajstić information content (AvgIpc) is 2.72. The fourth-order valence-corrected chi connectivity index (χ4v) is 3.68. The van der Waals surface area contributed by atoms with E-state index in [1.165, 1.54) is 30.3 Å². The van der Waals surface area contributed by atoms with Crippen LogP contribution in [0.1, 0.15) is 0 Å². The molecule has 0 aliphatic carbocycles. The van der Waals surface area contributed by atoms with Gasteiger partial charge >= 0.3 is 0 Å². The molecule has 3 rings (SSSR count). The van der Waals surface area contributed by atoms with Gasteiger partial charge in [-0.05, 0) is 47.9 Å². The van der Waals surface area contributed by atoms with Gasteiger partial charge in [-0.25, -0.2) is 13.7 Å². The summed E-state index contributed by atoms with van der Waals surface area (Å²) in [7, 11) is -3.53. The topological polar surface area (TPSA) is 144 Å². The number of benzene rings is 3. The molecular weight excluding hydrogens is 418 g/mol. The SMILES string of the molecule is C=CS(=O)(=O)c1ccc(N=Nc2c(N)ccc3cc(SOOO)cc(O)c23)cc1. The third kappa shape index (κ3) is 4.55. The summed E-state index contributed by atoms with van der Waals surface area (Å²) in [6.45, 7) is 3.28. The Morgan fingerprint density at radius 1 is 1.10 bits per heavy atom. The van der Waals surface area contributed by atoms with Crippen molar-refractivity contribution in [3.05, 3.63) is 60.5 Å². The zero-order valence-electron chi connectivity index (χ0n) is 14.7. The number of rotatable bonds is 7. The van der Waals surface area contributed by atoms with Crippen molar-refractivity contribution >= 4 is 49.7 Å². The van der Waals surface area contributed by atoms with Crippen LogP contribution in [0, 0.1) is 0 Å². The van der Waals surface area contributed by atoms with Crippen LogP contribution in [0.25, 0.3) is 10.8 Å². The van der Waals surface area contributed by atoms with Gasteiger partial charge in [-0.2, -0.15) is 5.11 Å². The molecule has 11 heteroatoms. The molecule has 0 saturated carbocycles. The van der Waals surface area contributed by atoms with Gasteiger partial charge in [-0.3, -0.25) is 0 Å². The van der Waals surface area contributed by atoms with E-state index in [1.54, 1.807) is 18.2 Å². The van der Waals surface area contributed by atoms with E-state index in [0.29, 0.717) is 33.4 Å². The fraction of sp³-hybridized carbons (Fsp3) is 0. The molecule has 0 spiro atoms. The van der Waals surface area contributed by atoms with Crippen LogP contribution in [0.4, 0.5) is 17.1 Å². The largest absolute Gasteiger partial charge is 0.507 e. The molecule has 0 unspecified atom stereocenters. The third-order valence-electron chi connectivity index (χ3n) is 3.89. The molecule has 29 heavy (non-hydrogen) atoms. The lowest BCUT2D eigenvalue weighted by atomic mass is 10.1. The minimum Gasteiger partial charge on any atom is -0.507 e. The molecule has 0 aromatic heterocycles. The zero-order valence-corrected chi connectivity index (χ0v) is 16.4. The number of hydrogen-bond acceptors (Lipinski definition) is 10. The number of phenolic OH excluding ortho intramolecular Hbond substituents is 1. The number of azo groups is 1. The first kappa shape index (κ1) is 20.8. The number of aromatic hydroxyl groups is 1. The van der Waals surface area contributed by atoms with E-state index in [4.69, 9.17) is 11.0 Å². The second-order valence-corrected chi connectivity index (χ2v) is 8.34. The minimum absolute atomic E-state index is 0.0906. The molecule has 0 radical (unpaired) electrons. The van der Waals surface area contributed by atoms with Crippen molar-refractivity contribution < 1.29 is 28.2 Å². The molecule has 0 fully saturated rings. The van der Waals surface area contributed by atoms with Gasteiger partial charge in [0.15, 0.2) is 9.84 Å². The van der Waals surface area contributed by atoms with Crippen LogP contribution < -0.4 is 5.73 Å². The van der Waals surface area contributed by atoms with Crippen molar-refractivity contribution in [1.29, 1.82) is 0 Å². The van der Waals surface area contributed by atoms with Crippen LogP contribution in [0.5, 0.6) is 5.75 Å². The van der Waals surface area contributed by atoms with Gasteiger partial charge in [-0.15, -0.1) is 9.45 Å². The molecule has 9 nitrogen and oxygen atoms in total. The van der Waals surface area contributed by atoms with Crippen molar-refractivity contribution in [2.75, 3.05) is 5.73 Å². The highest BCUT2D eigenvalue weighted by molar-refractivity contribution is 7.94. The van der Waals surface area contributed by atoms with E-state index in [9.17, 15) is 13.5 Å². The minimum atomic E-state index is -3.53. The van der Waals surface area contributed by atoms with Crippen molar-refractivity contribution in [1.82, 2.24) is 0 Å². The number of nitrogen functional groups attached to an aromatic ring is 1. The van der Waals surface area contributed by atoms with Gasteiger partial charge in [0.05, 0.1) is 33.7 Å². The van der Waals surface area contributed by atoms with Gasteiger partial charge in [0.25, 0.3) is 0 Å². The normalized spacial score (nSPS) is 11.9. The molecule has 0 aliphatic heterocycles. The highest BCUT2D eigenvalue weighted by atomic mass is 32.2. The quantitative estimate of drug-likeness (QED) is 0.157. The molecule has 4 N–H and O–H groups in total. The van der Waals surface area contributed by atoms with Gasteiger partial charge in [0.2, 0.25) is 0 Å². The van der Waals surface area contributed by atoms with Crippen LogP contribution in [0.15, 0.2) is 80.5 Å². The molecule has 3 aromatic rings. The molecule has 0 bridgehead atoms. The van der Waals surface area contributed by atoms with E-state index in [0.717, 1.165) is 5.41 Å². The average molecular weight is 433 g/mol. The predicted molar refractivity (Wildman–Crippen MR) is 109 cm³/mol. The van der Waals surface area contributed by atoms with E-state index >= 15 is 0 Å². The number of sulfone groups is 1. The summed E-state index contributed by atoms with van der Waals surface area (Å²) in [5.41, 5.74) is 6.93. The van der Waals surface area contributed by atoms with Gasteiger partial charge in [0, 0.05) is 10.3 Å². The van der Waals surface area contributed by atoms with Crippen LogP contribution >= 0.6 is 12.0 Å². The number of phenols is 1. The summed E-state index contributed by atoms with van der Waals surface area (Å²) in [4.78, 5) is 0.559. The maximum atomic E-state index is 11.8. The van der Waals surface area contributed by atoms with E-state index < -0.39 is 9.84 Å². The highest BCUT2D eigenvalue weighted by Crippen LogP contribution is 2.41. The Morgan fingerprint density at radius 3 is 2.48 bits per heavy atom. The molecule has 0 atom stereocenters. The lowest BCUT2D eigenvalue weighted by Gasteiger charge is -2.09. The molecule has 0 heterocycles. The maximum Gasteiger partial charge on any atom is 0.199 e. The molecule has 3 aromatic carbocycles. The molecule has 150 valence electrons. The Hall–Kier alpha value is -2.96. The van der Waals surface area contributed by atoms with Gasteiger partial charge < -0.3 is 10.8 Å². The first-order valence-corrected chi connectivity index (χ1v) is 10.2. The predicted octanol–water partition coefficient (Wildman–Crippen LogP) is 4.89. The molecule has 0 aliphatic rings. The van der Waals surface area contributed by atoms with E-state index in [-0.39, 0.29) is 22.0 Å². The van der Waals surface area contributed by atoms with Crippen LogP contribution in [-0.4, -0.2) is 18.8 Å². The Labute approximate surface area is 170 Å². The third-order valence-corrected chi connectivity index (χ3v) is 5.81. The molecule has 0 amide bonds. The van der Waals surface area contributed by atoms with Crippen molar-refractivity contribution in [3.8, 4) is 5.75 Å². The summed E-state index contributed by atoms with van der Waals surface area (Å²) in [6.07, 6.45) is 0. The van der Waals surface area contributed by atoms with Crippen molar-refractivity contribution in [2.24, 2.45) is 10.2 Å². The Balaban J connectivity index is 1.99. The van der Waals surface area contributed by atoms with Crippen LogP contribution in [-0.2, 0) is 19.2 Å². The second kappa shape index (κ2) is 8.59. The van der Waals surface area contributed by atoms with Crippen molar-refractivity contribution in [3.63, 3.8) is 0 Å². The van der Waals surface area contributed by atoms with Gasteiger partial charge in [-0.1, -0.05) is 17.7 Å². The number of nitrogens with two attached hydrogens (primary N) is 1. The number of anilines is 1. The van der Waals surface area contributed by atoms with E-state index in [2.05, 4.69) is 26.2 Å². The first-order chi connectivity index (χ1) is 13.9. The highest BCUT2D eigenvalue weighted by Gasteiger charge is 2.13. The number of hydrogen-bond donors (Lipinski definition) is 3.